The van der Waals surface area contributed by atoms with Crippen molar-refractivity contribution in [3.05, 3.63) is 53.1 Å². The van der Waals surface area contributed by atoms with E-state index in [2.05, 4.69) is 5.32 Å². The quantitative estimate of drug-likeness (QED) is 0.911. The van der Waals surface area contributed by atoms with Gasteiger partial charge in [-0.1, -0.05) is 29.8 Å². The number of rotatable bonds is 4. The summed E-state index contributed by atoms with van der Waals surface area (Å²) in [6, 6.07) is 11.5. The highest BCUT2D eigenvalue weighted by Gasteiger charge is 2.31. The maximum Gasteiger partial charge on any atom is 0.267 e. The summed E-state index contributed by atoms with van der Waals surface area (Å²) < 4.78 is 5.63. The fourth-order valence-corrected chi connectivity index (χ4v) is 3.38. The number of hydrogen-bond donors (Lipinski definition) is 1. The van der Waals surface area contributed by atoms with Crippen LogP contribution in [0.4, 0.5) is 11.4 Å². The van der Waals surface area contributed by atoms with Crippen molar-refractivity contribution in [3.63, 3.8) is 0 Å². The van der Waals surface area contributed by atoms with Gasteiger partial charge in [-0.25, -0.2) is 0 Å². The summed E-state index contributed by atoms with van der Waals surface area (Å²) >= 11 is 0. The predicted octanol–water partition coefficient (Wildman–Crippen LogP) is 3.75. The maximum absolute atomic E-state index is 12.5. The van der Waals surface area contributed by atoms with Crippen LogP contribution in [0.1, 0.15) is 30.0 Å². The van der Waals surface area contributed by atoms with Crippen LogP contribution in [0, 0.1) is 20.8 Å². The number of fused-ring (bicyclic) bond motifs is 1. The zero-order valence-electron chi connectivity index (χ0n) is 15.6. The molecule has 2 aromatic carbocycles. The van der Waals surface area contributed by atoms with E-state index in [0.717, 1.165) is 16.8 Å². The topological polar surface area (TPSA) is 58.6 Å². The molecule has 1 aliphatic heterocycles. The van der Waals surface area contributed by atoms with Crippen LogP contribution in [0.3, 0.4) is 0 Å². The van der Waals surface area contributed by atoms with Gasteiger partial charge in [0, 0.05) is 18.7 Å². The van der Waals surface area contributed by atoms with E-state index in [1.807, 2.05) is 57.2 Å². The molecule has 5 nitrogen and oxygen atoms in total. The van der Waals surface area contributed by atoms with Crippen LogP contribution >= 0.6 is 0 Å². The first-order chi connectivity index (χ1) is 12.4. The van der Waals surface area contributed by atoms with Crippen LogP contribution in [0.25, 0.3) is 0 Å². The minimum Gasteiger partial charge on any atom is -0.479 e. The molecule has 1 aliphatic rings. The van der Waals surface area contributed by atoms with Crippen molar-refractivity contribution in [1.29, 1.82) is 0 Å². The van der Waals surface area contributed by atoms with Crippen molar-refractivity contribution in [3.8, 4) is 5.75 Å². The Bertz CT molecular complexity index is 837. The molecule has 2 amide bonds. The second-order valence-corrected chi connectivity index (χ2v) is 6.79. The number of nitrogens with one attached hydrogen (secondary N) is 1. The first-order valence-electron chi connectivity index (χ1n) is 8.81. The Labute approximate surface area is 154 Å². The van der Waals surface area contributed by atoms with E-state index >= 15 is 0 Å². The molecule has 1 N–H and O–H groups in total. The van der Waals surface area contributed by atoms with Crippen LogP contribution in [0.2, 0.25) is 0 Å². The second-order valence-electron chi connectivity index (χ2n) is 6.79. The van der Waals surface area contributed by atoms with Gasteiger partial charge >= 0.3 is 0 Å². The molecule has 0 radical (unpaired) electrons. The minimum atomic E-state index is -0.547. The Hall–Kier alpha value is -2.82. The van der Waals surface area contributed by atoms with Crippen LogP contribution in [0.15, 0.2) is 36.4 Å². The summed E-state index contributed by atoms with van der Waals surface area (Å²) in [5, 5.41) is 2.99. The van der Waals surface area contributed by atoms with Crippen molar-refractivity contribution in [2.45, 2.75) is 40.2 Å². The van der Waals surface area contributed by atoms with Gasteiger partial charge in [0.1, 0.15) is 5.75 Å². The van der Waals surface area contributed by atoms with Crippen molar-refractivity contribution in [2.75, 3.05) is 16.8 Å². The molecule has 1 atom stereocenters. The predicted molar refractivity (Wildman–Crippen MR) is 103 cm³/mol. The van der Waals surface area contributed by atoms with Gasteiger partial charge in [-0.15, -0.1) is 0 Å². The van der Waals surface area contributed by atoms with E-state index in [-0.39, 0.29) is 18.2 Å². The van der Waals surface area contributed by atoms with E-state index in [1.54, 1.807) is 11.8 Å². The van der Waals surface area contributed by atoms with Gasteiger partial charge in [0.05, 0.1) is 5.69 Å². The number of benzene rings is 2. The lowest BCUT2D eigenvalue weighted by Crippen LogP contribution is -2.45. The van der Waals surface area contributed by atoms with E-state index in [9.17, 15) is 9.59 Å². The van der Waals surface area contributed by atoms with Crippen LogP contribution in [0.5, 0.6) is 5.75 Å². The smallest absolute Gasteiger partial charge is 0.267 e. The van der Waals surface area contributed by atoms with E-state index in [0.29, 0.717) is 18.0 Å². The first kappa shape index (κ1) is 18.0. The third kappa shape index (κ3) is 3.57. The standard InChI is InChI=1S/C21H24N2O3/c1-13-11-14(2)20(15(3)12-13)22-19(24)9-10-23-17-7-5-6-8-18(17)26-16(4)21(23)25/h5-8,11-12,16H,9-10H2,1-4H3,(H,22,24). The minimum absolute atomic E-state index is 0.107. The van der Waals surface area contributed by atoms with Crippen LogP contribution < -0.4 is 15.0 Å². The zero-order valence-corrected chi connectivity index (χ0v) is 15.6. The molecule has 0 spiro atoms. The first-order valence-corrected chi connectivity index (χ1v) is 8.81. The summed E-state index contributed by atoms with van der Waals surface area (Å²) in [4.78, 5) is 26.6. The number of carbonyl (C=O) groups excluding carboxylic acids is 2. The van der Waals surface area contributed by atoms with Crippen LogP contribution in [-0.4, -0.2) is 24.5 Å². The third-order valence-electron chi connectivity index (χ3n) is 4.58. The van der Waals surface area contributed by atoms with Crippen molar-refractivity contribution >= 4 is 23.2 Å². The third-order valence-corrected chi connectivity index (χ3v) is 4.58. The molecular weight excluding hydrogens is 328 g/mol. The normalized spacial score (nSPS) is 16.1. The second kappa shape index (κ2) is 7.20. The Morgan fingerprint density at radius 2 is 1.81 bits per heavy atom. The van der Waals surface area contributed by atoms with Crippen molar-refractivity contribution in [2.24, 2.45) is 0 Å². The largest absolute Gasteiger partial charge is 0.479 e. The number of hydrogen-bond acceptors (Lipinski definition) is 3. The van der Waals surface area contributed by atoms with Gasteiger partial charge in [-0.05, 0) is 51.0 Å². The van der Waals surface area contributed by atoms with Gasteiger partial charge in [0.15, 0.2) is 6.10 Å². The monoisotopic (exact) mass is 352 g/mol. The number of aryl methyl sites for hydroxylation is 3. The molecule has 0 bridgehead atoms. The number of para-hydroxylation sites is 2. The van der Waals surface area contributed by atoms with Gasteiger partial charge in [-0.3, -0.25) is 9.59 Å². The lowest BCUT2D eigenvalue weighted by molar-refractivity contribution is -0.125. The highest BCUT2D eigenvalue weighted by atomic mass is 16.5. The Morgan fingerprint density at radius 3 is 2.50 bits per heavy atom. The summed E-state index contributed by atoms with van der Waals surface area (Å²) in [5.74, 6) is 0.439. The number of ether oxygens (including phenoxy) is 1. The number of nitrogens with zero attached hydrogens (tertiary/aromatic N) is 1. The summed E-state index contributed by atoms with van der Waals surface area (Å²) in [6.07, 6.45) is -0.325. The van der Waals surface area contributed by atoms with Crippen LogP contribution in [-0.2, 0) is 9.59 Å². The Kier molecular flexibility index (Phi) is 4.98. The molecular formula is C21H24N2O3. The molecule has 5 heteroatoms. The van der Waals surface area contributed by atoms with Gasteiger partial charge in [-0.2, -0.15) is 0 Å². The average Bonchev–Trinajstić information content (AvgIpc) is 2.58. The molecule has 1 unspecified atom stereocenters. The maximum atomic E-state index is 12.5. The van der Waals surface area contributed by atoms with Crippen molar-refractivity contribution in [1.82, 2.24) is 0 Å². The lowest BCUT2D eigenvalue weighted by Gasteiger charge is -2.32. The highest BCUT2D eigenvalue weighted by Crippen LogP contribution is 2.33. The number of carbonyl (C=O) groups is 2. The molecule has 136 valence electrons. The Balaban J connectivity index is 1.71. The number of amides is 2. The van der Waals surface area contributed by atoms with E-state index in [4.69, 9.17) is 4.74 Å². The molecule has 0 saturated carbocycles. The molecule has 2 aromatic rings. The fourth-order valence-electron chi connectivity index (χ4n) is 3.38. The van der Waals surface area contributed by atoms with Gasteiger partial charge in [0.2, 0.25) is 5.91 Å². The van der Waals surface area contributed by atoms with Gasteiger partial charge < -0.3 is 15.0 Å². The fraction of sp³-hybridized carbons (Fsp3) is 0.333. The molecule has 26 heavy (non-hydrogen) atoms. The summed E-state index contributed by atoms with van der Waals surface area (Å²) in [7, 11) is 0. The average molecular weight is 352 g/mol. The summed E-state index contributed by atoms with van der Waals surface area (Å²) in [6.45, 7) is 8.05. The number of anilines is 2. The van der Waals surface area contributed by atoms with E-state index in [1.165, 1.54) is 5.56 Å². The molecule has 0 saturated heterocycles. The SMILES string of the molecule is Cc1cc(C)c(NC(=O)CCN2C(=O)C(C)Oc3ccccc32)c(C)c1. The lowest BCUT2D eigenvalue weighted by atomic mass is 10.0. The van der Waals surface area contributed by atoms with Crippen molar-refractivity contribution < 1.29 is 14.3 Å². The molecule has 0 fully saturated rings. The summed E-state index contributed by atoms with van der Waals surface area (Å²) in [5.41, 5.74) is 4.81. The highest BCUT2D eigenvalue weighted by molar-refractivity contribution is 6.01. The Morgan fingerprint density at radius 1 is 1.15 bits per heavy atom. The molecule has 3 rings (SSSR count). The molecule has 1 heterocycles. The molecule has 0 aromatic heterocycles. The van der Waals surface area contributed by atoms with E-state index < -0.39 is 6.10 Å². The van der Waals surface area contributed by atoms with Gasteiger partial charge in [0.25, 0.3) is 5.91 Å². The molecule has 0 aliphatic carbocycles. The zero-order chi connectivity index (χ0) is 18.8.